The van der Waals surface area contributed by atoms with Crippen molar-refractivity contribution in [2.24, 2.45) is 0 Å². The molecule has 132 valence electrons. The summed E-state index contributed by atoms with van der Waals surface area (Å²) >= 11 is 1.65. The van der Waals surface area contributed by atoms with Gasteiger partial charge in [0.1, 0.15) is 5.69 Å². The minimum absolute atomic E-state index is 0.132. The first-order valence-electron chi connectivity index (χ1n) is 8.59. The van der Waals surface area contributed by atoms with Crippen LogP contribution in [0.2, 0.25) is 0 Å². The zero-order chi connectivity index (χ0) is 18.1. The molecule has 4 aromatic rings. The third kappa shape index (κ3) is 3.15. The van der Waals surface area contributed by atoms with Crippen molar-refractivity contribution in [3.63, 3.8) is 0 Å². The van der Waals surface area contributed by atoms with E-state index < -0.39 is 0 Å². The molecule has 0 radical (unpaired) electrons. The van der Waals surface area contributed by atoms with Crippen LogP contribution >= 0.6 is 11.3 Å². The third-order valence-electron chi connectivity index (χ3n) is 4.28. The van der Waals surface area contributed by atoms with Crippen molar-refractivity contribution in [2.75, 3.05) is 5.32 Å². The van der Waals surface area contributed by atoms with Crippen molar-refractivity contribution >= 4 is 33.3 Å². The predicted octanol–water partition coefficient (Wildman–Crippen LogP) is 4.78. The van der Waals surface area contributed by atoms with Crippen molar-refractivity contribution in [1.82, 2.24) is 14.3 Å². The van der Waals surface area contributed by atoms with Crippen LogP contribution in [-0.4, -0.2) is 20.3 Å². The van der Waals surface area contributed by atoms with Gasteiger partial charge in [0, 0.05) is 18.3 Å². The lowest BCUT2D eigenvalue weighted by Gasteiger charge is -2.13. The topological polar surface area (TPSA) is 51.9 Å². The van der Waals surface area contributed by atoms with Crippen molar-refractivity contribution in [3.8, 4) is 0 Å². The molecule has 0 fully saturated rings. The minimum Gasteiger partial charge on any atom is -0.333 e. The largest absolute Gasteiger partial charge is 0.333 e. The SMILES string of the molecule is CC(C)n1c(C(=O)Nc2ccn(Cc3ccccc3)n2)cc2sccc21. The summed E-state index contributed by atoms with van der Waals surface area (Å²) in [5.41, 5.74) is 2.94. The summed E-state index contributed by atoms with van der Waals surface area (Å²) in [6, 6.07) is 16.2. The lowest BCUT2D eigenvalue weighted by atomic mass is 10.2. The number of nitrogens with zero attached hydrogens (tertiary/aromatic N) is 3. The average molecular weight is 364 g/mol. The summed E-state index contributed by atoms with van der Waals surface area (Å²) in [5.74, 6) is 0.429. The van der Waals surface area contributed by atoms with Gasteiger partial charge < -0.3 is 9.88 Å². The first kappa shape index (κ1) is 16.6. The molecule has 0 aliphatic carbocycles. The second-order valence-corrected chi connectivity index (χ2v) is 7.45. The van der Waals surface area contributed by atoms with E-state index in [2.05, 4.69) is 52.4 Å². The Labute approximate surface area is 155 Å². The molecule has 1 amide bonds. The Hall–Kier alpha value is -2.86. The van der Waals surface area contributed by atoms with Crippen LogP contribution in [0.4, 0.5) is 5.82 Å². The molecular weight excluding hydrogens is 344 g/mol. The molecule has 0 unspecified atom stereocenters. The Kier molecular flexibility index (Phi) is 4.34. The van der Waals surface area contributed by atoms with Gasteiger partial charge in [0.15, 0.2) is 5.82 Å². The summed E-state index contributed by atoms with van der Waals surface area (Å²) in [5, 5.41) is 9.44. The second-order valence-electron chi connectivity index (χ2n) is 6.50. The Morgan fingerprint density at radius 1 is 1.19 bits per heavy atom. The molecule has 0 bridgehead atoms. The zero-order valence-electron chi connectivity index (χ0n) is 14.7. The van der Waals surface area contributed by atoms with Crippen LogP contribution in [0.1, 0.15) is 35.9 Å². The maximum absolute atomic E-state index is 12.8. The molecule has 6 heteroatoms. The van der Waals surface area contributed by atoms with Crippen molar-refractivity contribution in [3.05, 3.63) is 71.4 Å². The summed E-state index contributed by atoms with van der Waals surface area (Å²) in [6.07, 6.45) is 1.88. The number of thiophene rings is 1. The highest BCUT2D eigenvalue weighted by atomic mass is 32.1. The Morgan fingerprint density at radius 3 is 2.77 bits per heavy atom. The van der Waals surface area contributed by atoms with Crippen molar-refractivity contribution < 1.29 is 4.79 Å². The van der Waals surface area contributed by atoms with E-state index in [1.165, 1.54) is 5.56 Å². The van der Waals surface area contributed by atoms with E-state index in [9.17, 15) is 4.79 Å². The van der Waals surface area contributed by atoms with Gasteiger partial charge in [-0.25, -0.2) is 0 Å². The van der Waals surface area contributed by atoms with Gasteiger partial charge in [-0.05, 0) is 36.9 Å². The number of hydrogen-bond donors (Lipinski definition) is 1. The number of aromatic nitrogens is 3. The first-order valence-corrected chi connectivity index (χ1v) is 9.47. The van der Waals surface area contributed by atoms with Crippen molar-refractivity contribution in [2.45, 2.75) is 26.4 Å². The minimum atomic E-state index is -0.132. The maximum atomic E-state index is 12.8. The van der Waals surface area contributed by atoms with Crippen LogP contribution < -0.4 is 5.32 Å². The highest BCUT2D eigenvalue weighted by Gasteiger charge is 2.19. The number of hydrogen-bond acceptors (Lipinski definition) is 3. The number of amides is 1. The number of nitrogens with one attached hydrogen (secondary N) is 1. The lowest BCUT2D eigenvalue weighted by Crippen LogP contribution is -2.18. The van der Waals surface area contributed by atoms with E-state index in [0.29, 0.717) is 18.1 Å². The molecule has 1 aromatic carbocycles. The highest BCUT2D eigenvalue weighted by molar-refractivity contribution is 7.17. The smallest absolute Gasteiger partial charge is 0.273 e. The van der Waals surface area contributed by atoms with Gasteiger partial charge in [-0.1, -0.05) is 30.3 Å². The number of carbonyl (C=O) groups excluding carboxylic acids is 1. The number of anilines is 1. The Balaban J connectivity index is 1.54. The Morgan fingerprint density at radius 2 is 2.00 bits per heavy atom. The van der Waals surface area contributed by atoms with Gasteiger partial charge >= 0.3 is 0 Å². The van der Waals surface area contributed by atoms with Gasteiger partial charge in [-0.3, -0.25) is 9.48 Å². The van der Waals surface area contributed by atoms with E-state index in [-0.39, 0.29) is 11.9 Å². The third-order valence-corrected chi connectivity index (χ3v) is 5.13. The monoisotopic (exact) mass is 364 g/mol. The van der Waals surface area contributed by atoms with Gasteiger partial charge in [-0.2, -0.15) is 5.10 Å². The fraction of sp³-hybridized carbons (Fsp3) is 0.200. The molecule has 0 aliphatic rings. The van der Waals surface area contributed by atoms with Crippen LogP contribution in [-0.2, 0) is 6.54 Å². The van der Waals surface area contributed by atoms with E-state index in [0.717, 1.165) is 10.2 Å². The fourth-order valence-corrected chi connectivity index (χ4v) is 3.95. The number of carbonyl (C=O) groups is 1. The van der Waals surface area contributed by atoms with Crippen LogP contribution in [0.5, 0.6) is 0 Å². The van der Waals surface area contributed by atoms with Gasteiger partial charge in [-0.15, -0.1) is 11.3 Å². The molecule has 3 heterocycles. The molecule has 0 aliphatic heterocycles. The van der Waals surface area contributed by atoms with Gasteiger partial charge in [0.05, 0.1) is 16.8 Å². The molecule has 0 saturated heterocycles. The molecule has 5 nitrogen and oxygen atoms in total. The summed E-state index contributed by atoms with van der Waals surface area (Å²) < 4.78 is 5.02. The fourth-order valence-electron chi connectivity index (χ4n) is 3.14. The van der Waals surface area contributed by atoms with Crippen LogP contribution in [0.15, 0.2) is 60.1 Å². The number of benzene rings is 1. The number of fused-ring (bicyclic) bond motifs is 1. The Bertz CT molecular complexity index is 1040. The molecule has 4 rings (SSSR count). The first-order chi connectivity index (χ1) is 12.6. The van der Waals surface area contributed by atoms with E-state index >= 15 is 0 Å². The van der Waals surface area contributed by atoms with Gasteiger partial charge in [0.25, 0.3) is 5.91 Å². The standard InChI is InChI=1S/C20H20N4OS/c1-14(2)24-16-9-11-26-18(16)12-17(24)20(25)21-19-8-10-23(22-19)13-15-6-4-3-5-7-15/h3-12,14H,13H2,1-2H3,(H,21,22,25). The molecule has 0 spiro atoms. The quantitative estimate of drug-likeness (QED) is 0.554. The normalized spacial score (nSPS) is 11.3. The second kappa shape index (κ2) is 6.80. The molecule has 3 aromatic heterocycles. The lowest BCUT2D eigenvalue weighted by molar-refractivity contribution is 0.101. The highest BCUT2D eigenvalue weighted by Crippen LogP contribution is 2.28. The summed E-state index contributed by atoms with van der Waals surface area (Å²) in [6.45, 7) is 4.85. The van der Waals surface area contributed by atoms with Crippen LogP contribution in [0.3, 0.4) is 0 Å². The molecular formula is C20H20N4OS. The van der Waals surface area contributed by atoms with Crippen LogP contribution in [0.25, 0.3) is 10.2 Å². The number of rotatable bonds is 5. The van der Waals surface area contributed by atoms with Gasteiger partial charge in [0.2, 0.25) is 0 Å². The molecule has 0 saturated carbocycles. The van der Waals surface area contributed by atoms with Crippen LogP contribution in [0, 0.1) is 0 Å². The summed E-state index contributed by atoms with van der Waals surface area (Å²) in [7, 11) is 0. The summed E-state index contributed by atoms with van der Waals surface area (Å²) in [4.78, 5) is 12.8. The van der Waals surface area contributed by atoms with Crippen molar-refractivity contribution in [1.29, 1.82) is 0 Å². The van der Waals surface area contributed by atoms with E-state index in [1.54, 1.807) is 11.3 Å². The van der Waals surface area contributed by atoms with E-state index in [4.69, 9.17) is 0 Å². The molecule has 1 N–H and O–H groups in total. The maximum Gasteiger partial charge on any atom is 0.273 e. The van der Waals surface area contributed by atoms with E-state index in [1.807, 2.05) is 41.2 Å². The molecule has 26 heavy (non-hydrogen) atoms. The average Bonchev–Trinajstić information content (AvgIpc) is 3.31. The zero-order valence-corrected chi connectivity index (χ0v) is 15.5. The molecule has 0 atom stereocenters. The predicted molar refractivity (Wildman–Crippen MR) is 106 cm³/mol.